The third-order valence-electron chi connectivity index (χ3n) is 3.39. The number of halogens is 2. The summed E-state index contributed by atoms with van der Waals surface area (Å²) < 4.78 is 13.6. The highest BCUT2D eigenvalue weighted by Gasteiger charge is 2.26. The summed E-state index contributed by atoms with van der Waals surface area (Å²) in [7, 11) is 0. The molecule has 16 heavy (non-hydrogen) atoms. The smallest absolute Gasteiger partial charge is 0.130 e. The van der Waals surface area contributed by atoms with Crippen LogP contribution in [0.4, 0.5) is 4.39 Å². The number of hydrogen-bond donors (Lipinski definition) is 1. The summed E-state index contributed by atoms with van der Waals surface area (Å²) in [4.78, 5) is 0. The van der Waals surface area contributed by atoms with Crippen LogP contribution in [0.5, 0.6) is 0 Å². The van der Waals surface area contributed by atoms with Crippen molar-refractivity contribution in [3.8, 4) is 0 Å². The molecule has 1 atom stereocenters. The van der Waals surface area contributed by atoms with E-state index in [1.54, 1.807) is 12.1 Å². The molecule has 88 valence electrons. The van der Waals surface area contributed by atoms with Crippen molar-refractivity contribution in [2.45, 2.75) is 38.2 Å². The van der Waals surface area contributed by atoms with Crippen molar-refractivity contribution in [2.75, 3.05) is 0 Å². The fraction of sp³-hybridized carbons (Fsp3) is 0.538. The highest BCUT2D eigenvalue weighted by Crippen LogP contribution is 2.37. The predicted octanol–water partition coefficient (Wildman–Crippen LogP) is 4.09. The van der Waals surface area contributed by atoms with Crippen LogP contribution in [0.25, 0.3) is 0 Å². The number of rotatable bonds is 2. The van der Waals surface area contributed by atoms with Gasteiger partial charge in [0.2, 0.25) is 0 Å². The summed E-state index contributed by atoms with van der Waals surface area (Å²) in [5, 5.41) is 10.5. The first-order valence-electron chi connectivity index (χ1n) is 5.82. The Labute approximate surface area is 100 Å². The van der Waals surface area contributed by atoms with Crippen LogP contribution in [0, 0.1) is 11.7 Å². The fourth-order valence-electron chi connectivity index (χ4n) is 2.48. The highest BCUT2D eigenvalue weighted by atomic mass is 35.5. The van der Waals surface area contributed by atoms with Gasteiger partial charge < -0.3 is 5.11 Å². The van der Waals surface area contributed by atoms with Crippen LogP contribution in [0.3, 0.4) is 0 Å². The molecule has 0 spiro atoms. The molecular formula is C13H16ClFO. The molecule has 3 heteroatoms. The lowest BCUT2D eigenvalue weighted by molar-refractivity contribution is 0.0817. The maximum atomic E-state index is 13.6. The van der Waals surface area contributed by atoms with E-state index in [1.165, 1.54) is 12.5 Å². The van der Waals surface area contributed by atoms with Crippen molar-refractivity contribution in [1.29, 1.82) is 0 Å². The normalized spacial score (nSPS) is 19.7. The second-order valence-corrected chi connectivity index (χ2v) is 4.89. The predicted molar refractivity (Wildman–Crippen MR) is 62.9 cm³/mol. The molecule has 0 heterocycles. The Balaban J connectivity index is 2.22. The molecule has 1 fully saturated rings. The third-order valence-corrected chi connectivity index (χ3v) is 3.72. The molecular weight excluding hydrogens is 227 g/mol. The average molecular weight is 243 g/mol. The molecule has 0 bridgehead atoms. The summed E-state index contributed by atoms with van der Waals surface area (Å²) in [5.41, 5.74) is 0.274. The zero-order chi connectivity index (χ0) is 11.5. The summed E-state index contributed by atoms with van der Waals surface area (Å²) in [6.07, 6.45) is 4.63. The molecule has 0 unspecified atom stereocenters. The number of aliphatic hydroxyl groups excluding tert-OH is 1. The summed E-state index contributed by atoms with van der Waals surface area (Å²) >= 11 is 5.94. The van der Waals surface area contributed by atoms with Crippen LogP contribution >= 0.6 is 11.6 Å². The lowest BCUT2D eigenvalue weighted by Crippen LogP contribution is -2.17. The van der Waals surface area contributed by atoms with Gasteiger partial charge in [0.15, 0.2) is 0 Å². The SMILES string of the molecule is O[C@H](c1c(F)cccc1Cl)C1CCCCC1. The van der Waals surface area contributed by atoms with Crippen LogP contribution in [0.1, 0.15) is 43.8 Å². The standard InChI is InChI=1S/C13H16ClFO/c14-10-7-4-8-11(15)12(10)13(16)9-5-2-1-3-6-9/h4,7-9,13,16H,1-3,5-6H2/t13-/m0/s1. The van der Waals surface area contributed by atoms with E-state index < -0.39 is 11.9 Å². The maximum Gasteiger partial charge on any atom is 0.130 e. The largest absolute Gasteiger partial charge is 0.388 e. The van der Waals surface area contributed by atoms with Crippen LogP contribution in [0.2, 0.25) is 5.02 Å². The molecule has 1 aromatic carbocycles. The number of aliphatic hydroxyl groups is 1. The summed E-state index contributed by atoms with van der Waals surface area (Å²) in [6, 6.07) is 4.55. The minimum absolute atomic E-state index is 0.156. The highest BCUT2D eigenvalue weighted by molar-refractivity contribution is 6.31. The Hall–Kier alpha value is -0.600. The first kappa shape index (κ1) is 11.9. The first-order valence-corrected chi connectivity index (χ1v) is 6.20. The second kappa shape index (κ2) is 5.15. The van der Waals surface area contributed by atoms with Crippen LogP contribution in [-0.4, -0.2) is 5.11 Å². The second-order valence-electron chi connectivity index (χ2n) is 4.48. The maximum absolute atomic E-state index is 13.6. The van der Waals surface area contributed by atoms with Crippen LogP contribution in [0.15, 0.2) is 18.2 Å². The van der Waals surface area contributed by atoms with E-state index in [0.717, 1.165) is 25.7 Å². The Bertz CT molecular complexity index is 341. The molecule has 1 nitrogen and oxygen atoms in total. The number of benzene rings is 1. The van der Waals surface area contributed by atoms with Gasteiger partial charge in [-0.15, -0.1) is 0 Å². The van der Waals surface area contributed by atoms with Gasteiger partial charge in [-0.05, 0) is 30.9 Å². The molecule has 0 amide bonds. The Kier molecular flexibility index (Phi) is 3.82. The van der Waals surface area contributed by atoms with Crippen LogP contribution in [-0.2, 0) is 0 Å². The van der Waals surface area contributed by atoms with Crippen LogP contribution < -0.4 is 0 Å². The van der Waals surface area contributed by atoms with Gasteiger partial charge >= 0.3 is 0 Å². The van der Waals surface area contributed by atoms with E-state index in [1.807, 2.05) is 0 Å². The molecule has 1 aliphatic rings. The van der Waals surface area contributed by atoms with Gasteiger partial charge in [0.1, 0.15) is 5.82 Å². The topological polar surface area (TPSA) is 20.2 Å². The van der Waals surface area contributed by atoms with Crippen molar-refractivity contribution in [1.82, 2.24) is 0 Å². The zero-order valence-corrected chi connectivity index (χ0v) is 9.88. The van der Waals surface area contributed by atoms with Gasteiger partial charge in [-0.1, -0.05) is 36.9 Å². The van der Waals surface area contributed by atoms with E-state index in [2.05, 4.69) is 0 Å². The summed E-state index contributed by atoms with van der Waals surface area (Å²) in [5.74, 6) is -0.242. The van der Waals surface area contributed by atoms with Gasteiger partial charge in [0.25, 0.3) is 0 Å². The monoisotopic (exact) mass is 242 g/mol. The third kappa shape index (κ3) is 2.38. The van der Waals surface area contributed by atoms with Crippen molar-refractivity contribution in [3.05, 3.63) is 34.6 Å². The minimum atomic E-state index is -0.756. The molecule has 0 aliphatic heterocycles. The van der Waals surface area contributed by atoms with E-state index >= 15 is 0 Å². The fourth-order valence-corrected chi connectivity index (χ4v) is 2.75. The van der Waals surface area contributed by atoms with Crippen molar-refractivity contribution < 1.29 is 9.50 Å². The van der Waals surface area contributed by atoms with E-state index in [4.69, 9.17) is 11.6 Å². The Morgan fingerprint density at radius 2 is 1.94 bits per heavy atom. The van der Waals surface area contributed by atoms with Crippen molar-refractivity contribution in [2.24, 2.45) is 5.92 Å². The van der Waals surface area contributed by atoms with Gasteiger partial charge in [-0.3, -0.25) is 0 Å². The molecule has 0 aromatic heterocycles. The van der Waals surface area contributed by atoms with Gasteiger partial charge in [0.05, 0.1) is 6.10 Å². The van der Waals surface area contributed by atoms with E-state index in [-0.39, 0.29) is 11.5 Å². The van der Waals surface area contributed by atoms with Crippen molar-refractivity contribution >= 4 is 11.6 Å². The molecule has 1 N–H and O–H groups in total. The van der Waals surface area contributed by atoms with Crippen molar-refractivity contribution in [3.63, 3.8) is 0 Å². The molecule has 2 rings (SSSR count). The van der Waals surface area contributed by atoms with Gasteiger partial charge in [-0.2, -0.15) is 0 Å². The lowest BCUT2D eigenvalue weighted by Gasteiger charge is -2.27. The van der Waals surface area contributed by atoms with E-state index in [9.17, 15) is 9.50 Å². The first-order chi connectivity index (χ1) is 7.70. The lowest BCUT2D eigenvalue weighted by atomic mass is 9.82. The quantitative estimate of drug-likeness (QED) is 0.828. The van der Waals surface area contributed by atoms with Gasteiger partial charge in [0, 0.05) is 10.6 Å². The summed E-state index contributed by atoms with van der Waals surface area (Å²) in [6.45, 7) is 0. The molecule has 1 aliphatic carbocycles. The van der Waals surface area contributed by atoms with Gasteiger partial charge in [-0.25, -0.2) is 4.39 Å². The Morgan fingerprint density at radius 3 is 2.56 bits per heavy atom. The number of hydrogen-bond acceptors (Lipinski definition) is 1. The molecule has 0 radical (unpaired) electrons. The average Bonchev–Trinajstić information content (AvgIpc) is 2.30. The minimum Gasteiger partial charge on any atom is -0.388 e. The molecule has 1 saturated carbocycles. The Morgan fingerprint density at radius 1 is 1.25 bits per heavy atom. The molecule has 1 aromatic rings. The molecule has 0 saturated heterocycles. The van der Waals surface area contributed by atoms with E-state index in [0.29, 0.717) is 5.02 Å². The zero-order valence-electron chi connectivity index (χ0n) is 9.13.